The van der Waals surface area contributed by atoms with Gasteiger partial charge in [-0.25, -0.2) is 14.7 Å². The predicted molar refractivity (Wildman–Crippen MR) is 46.9 cm³/mol. The monoisotopic (exact) mass is 264 g/mol. The molecule has 4 aliphatic heterocycles. The second-order valence-electron chi connectivity index (χ2n) is 4.65. The van der Waals surface area contributed by atoms with E-state index in [1.807, 2.05) is 0 Å². The molecule has 4 aliphatic rings. The van der Waals surface area contributed by atoms with E-state index < -0.39 is 0 Å². The highest BCUT2D eigenvalue weighted by atomic mass is 79.9. The molecule has 0 unspecified atom stereocenters. The summed E-state index contributed by atoms with van der Waals surface area (Å²) < 4.78 is 1.05. The minimum atomic E-state index is 0. The van der Waals surface area contributed by atoms with Crippen LogP contribution in [0, 0.1) is 0 Å². The van der Waals surface area contributed by atoms with Crippen molar-refractivity contribution in [1.29, 1.82) is 0 Å². The first-order valence-corrected chi connectivity index (χ1v) is 4.93. The molecule has 14 heavy (non-hydrogen) atoms. The molecule has 0 atom stereocenters. The lowest BCUT2D eigenvalue weighted by Crippen LogP contribution is -3.00. The number of rotatable bonds is 2. The first-order chi connectivity index (χ1) is 6.30. The number of hydrogen-bond acceptors (Lipinski definition) is 4. The highest BCUT2D eigenvalue weighted by molar-refractivity contribution is 4.73. The molecule has 6 heteroatoms. The van der Waals surface area contributed by atoms with Gasteiger partial charge in [0.05, 0.1) is 26.6 Å². The molecule has 5 nitrogen and oxygen atoms in total. The molecule has 0 radical (unpaired) electrons. The first-order valence-electron chi connectivity index (χ1n) is 4.93. The minimum Gasteiger partial charge on any atom is -1.00 e. The van der Waals surface area contributed by atoms with Crippen molar-refractivity contribution in [3.8, 4) is 0 Å². The van der Waals surface area contributed by atoms with Gasteiger partial charge in [0.1, 0.15) is 26.6 Å². The smallest absolute Gasteiger partial charge is 0.139 e. The van der Waals surface area contributed by atoms with E-state index in [9.17, 15) is 0 Å². The lowest BCUT2D eigenvalue weighted by molar-refractivity contribution is -0.980. The summed E-state index contributed by atoms with van der Waals surface area (Å²) in [5.74, 6) is 0. The average Bonchev–Trinajstić information content (AvgIpc) is 2.00. The van der Waals surface area contributed by atoms with Gasteiger partial charge in [0, 0.05) is 0 Å². The van der Waals surface area contributed by atoms with E-state index in [1.165, 1.54) is 0 Å². The molecule has 4 fully saturated rings. The average molecular weight is 265 g/mol. The largest absolute Gasteiger partial charge is 1.00 e. The van der Waals surface area contributed by atoms with E-state index >= 15 is 0 Å². The van der Waals surface area contributed by atoms with Crippen LogP contribution in [0.3, 0.4) is 0 Å². The zero-order valence-electron chi connectivity index (χ0n) is 8.27. The van der Waals surface area contributed by atoms with Crippen LogP contribution in [0.1, 0.15) is 0 Å². The molecule has 1 N–H and O–H groups in total. The summed E-state index contributed by atoms with van der Waals surface area (Å²) in [5.41, 5.74) is 0. The summed E-state index contributed by atoms with van der Waals surface area (Å²) in [4.78, 5) is 7.39. The number of nitrogens with zero attached hydrogens (tertiary/aromatic N) is 4. The van der Waals surface area contributed by atoms with Crippen LogP contribution in [0.25, 0.3) is 0 Å². The maximum absolute atomic E-state index is 9.06. The van der Waals surface area contributed by atoms with E-state index in [0.717, 1.165) is 51.0 Å². The minimum absolute atomic E-state index is 0. The molecule has 4 bridgehead atoms. The standard InChI is InChI=1S/C8H17N4O.BrH/c13-2-1-12-6-9-3-10(7-12)5-11(4-9)8-12;/h13H,1-8H2;1H/q+1;/p-1. The van der Waals surface area contributed by atoms with Crippen molar-refractivity contribution >= 4 is 0 Å². The van der Waals surface area contributed by atoms with Gasteiger partial charge in [0.15, 0.2) is 0 Å². The van der Waals surface area contributed by atoms with Crippen molar-refractivity contribution in [2.24, 2.45) is 0 Å². The quantitative estimate of drug-likeness (QED) is 0.510. The number of aliphatic hydroxyl groups is 1. The number of halogens is 1. The normalized spacial score (nSPS) is 49.1. The van der Waals surface area contributed by atoms with Crippen LogP contribution in [-0.4, -0.2) is 77.5 Å². The van der Waals surface area contributed by atoms with Crippen LogP contribution in [0.2, 0.25) is 0 Å². The van der Waals surface area contributed by atoms with Crippen molar-refractivity contribution in [3.05, 3.63) is 0 Å². The third kappa shape index (κ3) is 1.60. The van der Waals surface area contributed by atoms with E-state index in [2.05, 4.69) is 14.7 Å². The number of hydrogen-bond donors (Lipinski definition) is 1. The Bertz CT molecular complexity index is 190. The Morgan fingerprint density at radius 3 is 1.71 bits per heavy atom. The van der Waals surface area contributed by atoms with E-state index in [0.29, 0.717) is 6.61 Å². The Balaban J connectivity index is 0.000000750. The van der Waals surface area contributed by atoms with Crippen LogP contribution < -0.4 is 17.0 Å². The van der Waals surface area contributed by atoms with Gasteiger partial charge in [-0.15, -0.1) is 0 Å². The molecule has 0 amide bonds. The Kier molecular flexibility index (Phi) is 2.85. The van der Waals surface area contributed by atoms with Crippen molar-refractivity contribution in [2.45, 2.75) is 0 Å². The van der Waals surface area contributed by atoms with Crippen molar-refractivity contribution < 1.29 is 26.6 Å². The highest BCUT2D eigenvalue weighted by Gasteiger charge is 2.47. The molecule has 0 aromatic carbocycles. The van der Waals surface area contributed by atoms with E-state index in [1.54, 1.807) is 0 Å². The van der Waals surface area contributed by atoms with Gasteiger partial charge < -0.3 is 22.1 Å². The van der Waals surface area contributed by atoms with Crippen LogP contribution in [-0.2, 0) is 0 Å². The first kappa shape index (κ1) is 10.8. The zero-order chi connectivity index (χ0) is 8.89. The van der Waals surface area contributed by atoms with Gasteiger partial charge in [-0.3, -0.25) is 4.48 Å². The van der Waals surface area contributed by atoms with Gasteiger partial charge in [-0.2, -0.15) is 0 Å². The van der Waals surface area contributed by atoms with Gasteiger partial charge in [-0.1, -0.05) is 0 Å². The van der Waals surface area contributed by atoms with Gasteiger partial charge in [0.25, 0.3) is 0 Å². The molecular weight excluding hydrogens is 248 g/mol. The lowest BCUT2D eigenvalue weighted by atomic mass is 10.3. The molecule has 4 rings (SSSR count). The van der Waals surface area contributed by atoms with Crippen LogP contribution >= 0.6 is 0 Å². The molecule has 0 aromatic rings. The molecule has 0 saturated carbocycles. The summed E-state index contributed by atoms with van der Waals surface area (Å²) in [6.07, 6.45) is 0. The summed E-state index contributed by atoms with van der Waals surface area (Å²) in [5, 5.41) is 9.06. The Morgan fingerprint density at radius 1 is 0.929 bits per heavy atom. The third-order valence-electron chi connectivity index (χ3n) is 3.27. The van der Waals surface area contributed by atoms with Crippen molar-refractivity contribution in [2.75, 3.05) is 53.2 Å². The van der Waals surface area contributed by atoms with Gasteiger partial charge >= 0.3 is 0 Å². The summed E-state index contributed by atoms with van der Waals surface area (Å²) in [7, 11) is 0. The molecule has 82 valence electrons. The van der Waals surface area contributed by atoms with E-state index in [4.69, 9.17) is 5.11 Å². The number of aliphatic hydroxyl groups excluding tert-OH is 1. The van der Waals surface area contributed by atoms with Crippen molar-refractivity contribution in [1.82, 2.24) is 14.7 Å². The molecule has 0 aromatic heterocycles. The summed E-state index contributed by atoms with van der Waals surface area (Å²) >= 11 is 0. The molecule has 4 saturated heterocycles. The third-order valence-corrected chi connectivity index (χ3v) is 3.27. The van der Waals surface area contributed by atoms with Crippen LogP contribution in [0.5, 0.6) is 0 Å². The molecular formula is C8H17BrN4O. The molecule has 0 aliphatic carbocycles. The van der Waals surface area contributed by atoms with Crippen LogP contribution in [0.15, 0.2) is 0 Å². The zero-order valence-corrected chi connectivity index (χ0v) is 9.86. The fourth-order valence-electron chi connectivity index (χ4n) is 3.08. The second kappa shape index (κ2) is 3.70. The van der Waals surface area contributed by atoms with Crippen LogP contribution in [0.4, 0.5) is 0 Å². The second-order valence-corrected chi connectivity index (χ2v) is 4.65. The summed E-state index contributed by atoms with van der Waals surface area (Å²) in [6, 6.07) is 0. The Morgan fingerprint density at radius 2 is 1.36 bits per heavy atom. The Labute approximate surface area is 94.8 Å². The van der Waals surface area contributed by atoms with Gasteiger partial charge in [-0.05, 0) is 0 Å². The number of quaternary nitrogens is 1. The Hall–Kier alpha value is 0.280. The SMILES string of the molecule is OCC[N+]12CN3CN(CN(C3)C1)C2.[Br-]. The van der Waals surface area contributed by atoms with E-state index in [-0.39, 0.29) is 17.0 Å². The van der Waals surface area contributed by atoms with Gasteiger partial charge in [0.2, 0.25) is 0 Å². The predicted octanol–water partition coefficient (Wildman–Crippen LogP) is -4.51. The lowest BCUT2D eigenvalue weighted by Gasteiger charge is -2.60. The topological polar surface area (TPSA) is 30.0 Å². The summed E-state index contributed by atoms with van der Waals surface area (Å²) in [6.45, 7) is 8.00. The molecule has 4 heterocycles. The molecule has 0 spiro atoms. The highest BCUT2D eigenvalue weighted by Crippen LogP contribution is 2.27. The fraction of sp³-hybridized carbons (Fsp3) is 1.00. The maximum Gasteiger partial charge on any atom is 0.139 e. The fourth-order valence-corrected chi connectivity index (χ4v) is 3.08. The maximum atomic E-state index is 9.06. The van der Waals surface area contributed by atoms with Crippen molar-refractivity contribution in [3.63, 3.8) is 0 Å².